The van der Waals surface area contributed by atoms with Gasteiger partial charge in [-0.25, -0.2) is 9.18 Å². The molecule has 0 aliphatic carbocycles. The van der Waals surface area contributed by atoms with Crippen molar-refractivity contribution in [3.8, 4) is 0 Å². The SMILES string of the molecule is CC(C)n1cnnc1CCNC(=O)N1CCCC[C@H]1c1ccc(F)cc1. The molecule has 0 saturated carbocycles. The maximum Gasteiger partial charge on any atom is 0.317 e. The number of hydrogen-bond donors (Lipinski definition) is 1. The van der Waals surface area contributed by atoms with E-state index in [4.69, 9.17) is 0 Å². The number of carbonyl (C=O) groups excluding carboxylic acids is 1. The van der Waals surface area contributed by atoms with E-state index in [0.29, 0.717) is 19.0 Å². The molecule has 1 N–H and O–H groups in total. The number of halogens is 1. The number of amides is 2. The minimum atomic E-state index is -0.255. The summed E-state index contributed by atoms with van der Waals surface area (Å²) in [5.74, 6) is 0.615. The molecule has 0 unspecified atom stereocenters. The van der Waals surface area contributed by atoms with Gasteiger partial charge < -0.3 is 14.8 Å². The lowest BCUT2D eigenvalue weighted by molar-refractivity contribution is 0.151. The molecule has 1 atom stereocenters. The van der Waals surface area contributed by atoms with Gasteiger partial charge in [0.2, 0.25) is 0 Å². The van der Waals surface area contributed by atoms with Crippen LogP contribution < -0.4 is 5.32 Å². The van der Waals surface area contributed by atoms with Crippen molar-refractivity contribution in [3.63, 3.8) is 0 Å². The lowest BCUT2D eigenvalue weighted by Crippen LogP contribution is -2.45. The fourth-order valence-corrected chi connectivity index (χ4v) is 3.47. The van der Waals surface area contributed by atoms with E-state index in [9.17, 15) is 9.18 Å². The first-order valence-electron chi connectivity index (χ1n) is 9.24. The summed E-state index contributed by atoms with van der Waals surface area (Å²) in [5.41, 5.74) is 0.987. The summed E-state index contributed by atoms with van der Waals surface area (Å²) >= 11 is 0. The smallest absolute Gasteiger partial charge is 0.317 e. The van der Waals surface area contributed by atoms with Gasteiger partial charge in [0.15, 0.2) is 0 Å². The number of hydrogen-bond acceptors (Lipinski definition) is 3. The van der Waals surface area contributed by atoms with Crippen LogP contribution in [0.3, 0.4) is 0 Å². The van der Waals surface area contributed by atoms with Crippen LogP contribution in [0.25, 0.3) is 0 Å². The minimum absolute atomic E-state index is 0.00340. The third-order valence-corrected chi connectivity index (χ3v) is 4.85. The monoisotopic (exact) mass is 359 g/mol. The Kier molecular flexibility index (Phi) is 5.85. The number of piperidine rings is 1. The Bertz CT molecular complexity index is 728. The molecule has 2 heterocycles. The molecule has 0 spiro atoms. The Balaban J connectivity index is 1.60. The Morgan fingerprint density at radius 3 is 2.81 bits per heavy atom. The molecule has 1 aliphatic rings. The van der Waals surface area contributed by atoms with Crippen molar-refractivity contribution in [2.24, 2.45) is 0 Å². The molecule has 1 aliphatic heterocycles. The Morgan fingerprint density at radius 2 is 2.08 bits per heavy atom. The van der Waals surface area contributed by atoms with E-state index >= 15 is 0 Å². The third-order valence-electron chi connectivity index (χ3n) is 4.85. The zero-order chi connectivity index (χ0) is 18.5. The van der Waals surface area contributed by atoms with Gasteiger partial charge in [-0.1, -0.05) is 12.1 Å². The second kappa shape index (κ2) is 8.29. The number of nitrogens with zero attached hydrogens (tertiary/aromatic N) is 4. The maximum absolute atomic E-state index is 13.2. The van der Waals surface area contributed by atoms with Crippen molar-refractivity contribution in [3.05, 3.63) is 47.8 Å². The molecule has 1 saturated heterocycles. The maximum atomic E-state index is 13.2. The molecule has 3 rings (SSSR count). The van der Waals surface area contributed by atoms with Gasteiger partial charge in [0.1, 0.15) is 18.0 Å². The molecule has 1 aromatic heterocycles. The second-order valence-electron chi connectivity index (χ2n) is 6.99. The summed E-state index contributed by atoms with van der Waals surface area (Å²) in [5, 5.41) is 11.1. The molecule has 6 nitrogen and oxygen atoms in total. The van der Waals surface area contributed by atoms with Crippen LogP contribution in [0.4, 0.5) is 9.18 Å². The average Bonchev–Trinajstić information content (AvgIpc) is 3.11. The van der Waals surface area contributed by atoms with Gasteiger partial charge in [0.05, 0.1) is 6.04 Å². The highest BCUT2D eigenvalue weighted by Gasteiger charge is 2.27. The zero-order valence-electron chi connectivity index (χ0n) is 15.4. The largest absolute Gasteiger partial charge is 0.338 e. The Hall–Kier alpha value is -2.44. The highest BCUT2D eigenvalue weighted by molar-refractivity contribution is 5.74. The third kappa shape index (κ3) is 4.20. The number of urea groups is 1. The van der Waals surface area contributed by atoms with Gasteiger partial charge in [0, 0.05) is 25.6 Å². The molecule has 26 heavy (non-hydrogen) atoms. The summed E-state index contributed by atoms with van der Waals surface area (Å²) in [4.78, 5) is 14.6. The Morgan fingerprint density at radius 1 is 1.31 bits per heavy atom. The number of benzene rings is 1. The van der Waals surface area contributed by atoms with Crippen molar-refractivity contribution >= 4 is 6.03 Å². The second-order valence-corrected chi connectivity index (χ2v) is 6.99. The van der Waals surface area contributed by atoms with Gasteiger partial charge in [-0.15, -0.1) is 10.2 Å². The Labute approximate surface area is 153 Å². The summed E-state index contributed by atoms with van der Waals surface area (Å²) in [7, 11) is 0. The summed E-state index contributed by atoms with van der Waals surface area (Å²) in [6.45, 7) is 5.38. The van der Waals surface area contributed by atoms with Crippen molar-refractivity contribution in [1.29, 1.82) is 0 Å². The zero-order valence-corrected chi connectivity index (χ0v) is 15.4. The molecule has 2 aromatic rings. The van der Waals surface area contributed by atoms with Gasteiger partial charge in [-0.05, 0) is 50.8 Å². The lowest BCUT2D eigenvalue weighted by atomic mass is 9.95. The molecule has 2 amide bonds. The standard InChI is InChI=1S/C19H26FN5O/c1-14(2)25-13-22-23-18(25)10-11-21-19(26)24-12-4-3-5-17(24)15-6-8-16(20)9-7-15/h6-9,13-14,17H,3-5,10-12H2,1-2H3,(H,21,26)/t17-/m0/s1. The lowest BCUT2D eigenvalue weighted by Gasteiger charge is -2.36. The predicted octanol–water partition coefficient (Wildman–Crippen LogP) is 3.48. The quantitative estimate of drug-likeness (QED) is 0.889. The highest BCUT2D eigenvalue weighted by atomic mass is 19.1. The van der Waals surface area contributed by atoms with Crippen LogP contribution in [0, 0.1) is 5.82 Å². The average molecular weight is 359 g/mol. The highest BCUT2D eigenvalue weighted by Crippen LogP contribution is 2.30. The van der Waals surface area contributed by atoms with Crippen LogP contribution in [-0.4, -0.2) is 38.8 Å². The topological polar surface area (TPSA) is 63.1 Å². The molecule has 1 fully saturated rings. The molecule has 7 heteroatoms. The predicted molar refractivity (Wildman–Crippen MR) is 97.2 cm³/mol. The van der Waals surface area contributed by atoms with Gasteiger partial charge >= 0.3 is 6.03 Å². The van der Waals surface area contributed by atoms with Crippen molar-refractivity contribution in [2.45, 2.75) is 51.6 Å². The van der Waals surface area contributed by atoms with Crippen LogP contribution in [0.1, 0.15) is 56.6 Å². The fraction of sp³-hybridized carbons (Fsp3) is 0.526. The number of rotatable bonds is 5. The number of likely N-dealkylation sites (tertiary alicyclic amines) is 1. The first-order chi connectivity index (χ1) is 12.6. The van der Waals surface area contributed by atoms with Crippen molar-refractivity contribution in [1.82, 2.24) is 25.0 Å². The van der Waals surface area contributed by atoms with Crippen LogP contribution in [0.2, 0.25) is 0 Å². The van der Waals surface area contributed by atoms with Crippen LogP contribution in [-0.2, 0) is 6.42 Å². The van der Waals surface area contributed by atoms with Crippen LogP contribution >= 0.6 is 0 Å². The van der Waals surface area contributed by atoms with E-state index < -0.39 is 0 Å². The van der Waals surface area contributed by atoms with Gasteiger partial charge in [-0.3, -0.25) is 0 Å². The van der Waals surface area contributed by atoms with E-state index in [-0.39, 0.29) is 17.9 Å². The van der Waals surface area contributed by atoms with Gasteiger partial charge in [-0.2, -0.15) is 0 Å². The van der Waals surface area contributed by atoms with Crippen molar-refractivity contribution < 1.29 is 9.18 Å². The summed E-state index contributed by atoms with van der Waals surface area (Å²) < 4.78 is 15.2. The van der Waals surface area contributed by atoms with Gasteiger partial charge in [0.25, 0.3) is 0 Å². The van der Waals surface area contributed by atoms with Crippen LogP contribution in [0.15, 0.2) is 30.6 Å². The van der Waals surface area contributed by atoms with Crippen LogP contribution in [0.5, 0.6) is 0 Å². The molecular formula is C19H26FN5O. The normalized spacial score (nSPS) is 17.5. The molecular weight excluding hydrogens is 333 g/mol. The van der Waals surface area contributed by atoms with E-state index in [2.05, 4.69) is 29.4 Å². The molecule has 0 bridgehead atoms. The summed E-state index contributed by atoms with van der Waals surface area (Å²) in [6.07, 6.45) is 5.33. The van der Waals surface area contributed by atoms with Crippen molar-refractivity contribution in [2.75, 3.05) is 13.1 Å². The van der Waals surface area contributed by atoms with E-state index in [0.717, 1.165) is 37.2 Å². The molecule has 140 valence electrons. The molecule has 0 radical (unpaired) electrons. The summed E-state index contributed by atoms with van der Waals surface area (Å²) in [6, 6.07) is 6.68. The minimum Gasteiger partial charge on any atom is -0.338 e. The molecule has 1 aromatic carbocycles. The fourth-order valence-electron chi connectivity index (χ4n) is 3.47. The first-order valence-corrected chi connectivity index (χ1v) is 9.24. The first kappa shape index (κ1) is 18.4. The number of aromatic nitrogens is 3. The van der Waals surface area contributed by atoms with E-state index in [1.165, 1.54) is 12.1 Å². The van der Waals surface area contributed by atoms with E-state index in [1.807, 2.05) is 9.47 Å². The number of carbonyl (C=O) groups is 1. The number of nitrogens with one attached hydrogen (secondary N) is 1. The van der Waals surface area contributed by atoms with E-state index in [1.54, 1.807) is 18.5 Å².